The van der Waals surface area contributed by atoms with Crippen molar-refractivity contribution in [3.05, 3.63) is 63.7 Å². The summed E-state index contributed by atoms with van der Waals surface area (Å²) in [6, 6.07) is 10.9. The summed E-state index contributed by atoms with van der Waals surface area (Å²) in [6.45, 7) is 1.83. The van der Waals surface area contributed by atoms with Crippen LogP contribution in [0.2, 0.25) is 0 Å². The van der Waals surface area contributed by atoms with Gasteiger partial charge in [-0.2, -0.15) is 0 Å². The molecule has 0 unspecified atom stereocenters. The van der Waals surface area contributed by atoms with Crippen molar-refractivity contribution in [1.82, 2.24) is 5.32 Å². The van der Waals surface area contributed by atoms with Crippen molar-refractivity contribution in [2.75, 3.05) is 19.0 Å². The Bertz CT molecular complexity index is 835. The maximum Gasteiger partial charge on any atom is 0.269 e. The van der Waals surface area contributed by atoms with Crippen molar-refractivity contribution < 1.29 is 19.2 Å². The Morgan fingerprint density at radius 2 is 1.96 bits per heavy atom. The molecule has 0 fully saturated rings. The number of hydrogen-bond acceptors (Lipinski definition) is 5. The van der Waals surface area contributed by atoms with E-state index in [4.69, 9.17) is 4.74 Å². The number of carbonyl (C=O) groups is 2. The van der Waals surface area contributed by atoms with Gasteiger partial charge in [-0.05, 0) is 36.8 Å². The summed E-state index contributed by atoms with van der Waals surface area (Å²) >= 11 is 0. The van der Waals surface area contributed by atoms with E-state index in [0.29, 0.717) is 22.6 Å². The highest BCUT2D eigenvalue weighted by Crippen LogP contribution is 2.21. The normalized spacial score (nSPS) is 10.1. The van der Waals surface area contributed by atoms with Crippen LogP contribution in [0.1, 0.15) is 22.3 Å². The van der Waals surface area contributed by atoms with Crippen molar-refractivity contribution in [2.45, 2.75) is 13.3 Å². The lowest BCUT2D eigenvalue weighted by atomic mass is 10.1. The van der Waals surface area contributed by atoms with Gasteiger partial charge in [-0.15, -0.1) is 0 Å². The van der Waals surface area contributed by atoms with Gasteiger partial charge < -0.3 is 15.4 Å². The molecular formula is C18H19N3O5. The highest BCUT2D eigenvalue weighted by atomic mass is 16.6. The number of nitrogens with zero attached hydrogens (tertiary/aromatic N) is 1. The number of nitrogens with one attached hydrogen (secondary N) is 2. The highest BCUT2D eigenvalue weighted by molar-refractivity contribution is 5.95. The van der Waals surface area contributed by atoms with Crippen LogP contribution in [0.25, 0.3) is 0 Å². The number of nitro benzene ring substituents is 1. The van der Waals surface area contributed by atoms with Crippen molar-refractivity contribution in [2.24, 2.45) is 0 Å². The predicted octanol–water partition coefficient (Wildman–Crippen LogP) is 2.67. The summed E-state index contributed by atoms with van der Waals surface area (Å²) in [5.74, 6) is -0.0276. The Hall–Kier alpha value is -3.42. The van der Waals surface area contributed by atoms with Crippen LogP contribution in [0.5, 0.6) is 5.75 Å². The third-order valence-corrected chi connectivity index (χ3v) is 3.66. The molecule has 8 nitrogen and oxygen atoms in total. The number of hydrogen-bond donors (Lipinski definition) is 2. The molecule has 0 atom stereocenters. The van der Waals surface area contributed by atoms with Crippen LogP contribution in [0, 0.1) is 17.0 Å². The lowest BCUT2D eigenvalue weighted by Crippen LogP contribution is -2.27. The fraction of sp³-hybridized carbons (Fsp3) is 0.222. The molecule has 2 aromatic rings. The second-order valence-electron chi connectivity index (χ2n) is 5.54. The minimum absolute atomic E-state index is 0.0361. The van der Waals surface area contributed by atoms with Crippen molar-refractivity contribution in [1.29, 1.82) is 0 Å². The van der Waals surface area contributed by atoms with Gasteiger partial charge in [0.05, 0.1) is 12.0 Å². The van der Waals surface area contributed by atoms with Crippen LogP contribution in [0.3, 0.4) is 0 Å². The van der Waals surface area contributed by atoms with Gasteiger partial charge >= 0.3 is 0 Å². The van der Waals surface area contributed by atoms with E-state index in [1.54, 1.807) is 31.2 Å². The maximum atomic E-state index is 12.0. The molecule has 2 amide bonds. The molecule has 2 N–H and O–H groups in total. The van der Waals surface area contributed by atoms with E-state index in [1.165, 1.54) is 25.3 Å². The Kier molecular flexibility index (Phi) is 6.26. The van der Waals surface area contributed by atoms with Gasteiger partial charge in [0.15, 0.2) is 0 Å². The molecule has 8 heteroatoms. The topological polar surface area (TPSA) is 111 Å². The minimum atomic E-state index is -0.493. The van der Waals surface area contributed by atoms with Crippen LogP contribution in [-0.2, 0) is 4.79 Å². The molecule has 0 aliphatic carbocycles. The Morgan fingerprint density at radius 1 is 1.19 bits per heavy atom. The third kappa shape index (κ3) is 5.04. The maximum absolute atomic E-state index is 12.0. The lowest BCUT2D eigenvalue weighted by molar-refractivity contribution is -0.384. The van der Waals surface area contributed by atoms with Gasteiger partial charge in [0.25, 0.3) is 11.6 Å². The van der Waals surface area contributed by atoms with Crippen LogP contribution < -0.4 is 15.4 Å². The zero-order valence-corrected chi connectivity index (χ0v) is 14.4. The Balaban J connectivity index is 1.85. The van der Waals surface area contributed by atoms with E-state index < -0.39 is 4.92 Å². The van der Waals surface area contributed by atoms with E-state index in [1.807, 2.05) is 0 Å². The molecule has 0 aliphatic rings. The largest absolute Gasteiger partial charge is 0.497 e. The number of amides is 2. The number of methoxy groups -OCH3 is 1. The molecule has 0 heterocycles. The summed E-state index contributed by atoms with van der Waals surface area (Å²) in [5.41, 5.74) is 1.50. The average molecular weight is 357 g/mol. The van der Waals surface area contributed by atoms with Gasteiger partial charge in [-0.1, -0.05) is 6.07 Å². The third-order valence-electron chi connectivity index (χ3n) is 3.66. The summed E-state index contributed by atoms with van der Waals surface area (Å²) in [7, 11) is 1.52. The van der Waals surface area contributed by atoms with Crippen LogP contribution >= 0.6 is 0 Å². The molecule has 0 aromatic heterocycles. The SMILES string of the molecule is COc1cccc(C(=O)NCCC(=O)Nc2ccc([N+](=O)[O-])cc2C)c1. The fourth-order valence-electron chi connectivity index (χ4n) is 2.27. The number of benzene rings is 2. The first kappa shape index (κ1) is 18.9. The average Bonchev–Trinajstić information content (AvgIpc) is 2.63. The van der Waals surface area contributed by atoms with Crippen molar-refractivity contribution in [3.63, 3.8) is 0 Å². The number of aryl methyl sites for hydroxylation is 1. The first-order valence-electron chi connectivity index (χ1n) is 7.88. The number of non-ortho nitro benzene ring substituents is 1. The van der Waals surface area contributed by atoms with Gasteiger partial charge in [0, 0.05) is 36.3 Å². The highest BCUT2D eigenvalue weighted by Gasteiger charge is 2.11. The molecule has 0 radical (unpaired) electrons. The van der Waals surface area contributed by atoms with E-state index in [2.05, 4.69) is 10.6 Å². The second kappa shape index (κ2) is 8.61. The Morgan fingerprint density at radius 3 is 2.62 bits per heavy atom. The zero-order chi connectivity index (χ0) is 19.1. The van der Waals surface area contributed by atoms with Gasteiger partial charge in [-0.25, -0.2) is 0 Å². The lowest BCUT2D eigenvalue weighted by Gasteiger charge is -2.09. The molecular weight excluding hydrogens is 338 g/mol. The van der Waals surface area contributed by atoms with Crippen LogP contribution in [0.15, 0.2) is 42.5 Å². The van der Waals surface area contributed by atoms with E-state index in [0.717, 1.165) is 0 Å². The summed E-state index contributed by atoms with van der Waals surface area (Å²) in [4.78, 5) is 34.3. The smallest absolute Gasteiger partial charge is 0.269 e. The van der Waals surface area contributed by atoms with Crippen LogP contribution in [-0.4, -0.2) is 30.4 Å². The number of anilines is 1. The fourth-order valence-corrected chi connectivity index (χ4v) is 2.27. The van der Waals surface area contributed by atoms with E-state index in [-0.39, 0.29) is 30.5 Å². The number of nitro groups is 1. The molecule has 136 valence electrons. The molecule has 0 bridgehead atoms. The van der Waals surface area contributed by atoms with Gasteiger partial charge in [-0.3, -0.25) is 19.7 Å². The van der Waals surface area contributed by atoms with E-state index >= 15 is 0 Å². The Labute approximate surface area is 150 Å². The monoisotopic (exact) mass is 357 g/mol. The molecule has 0 spiro atoms. The second-order valence-corrected chi connectivity index (χ2v) is 5.54. The quantitative estimate of drug-likeness (QED) is 0.585. The summed E-state index contributed by atoms with van der Waals surface area (Å²) in [6.07, 6.45) is 0.0755. The molecule has 26 heavy (non-hydrogen) atoms. The zero-order valence-electron chi connectivity index (χ0n) is 14.4. The molecule has 0 saturated heterocycles. The van der Waals surface area contributed by atoms with Crippen molar-refractivity contribution >= 4 is 23.2 Å². The molecule has 0 saturated carbocycles. The minimum Gasteiger partial charge on any atom is -0.497 e. The first-order valence-corrected chi connectivity index (χ1v) is 7.88. The summed E-state index contributed by atoms with van der Waals surface area (Å²) in [5, 5.41) is 16.1. The number of carbonyl (C=O) groups excluding carboxylic acids is 2. The predicted molar refractivity (Wildman–Crippen MR) is 96.4 cm³/mol. The first-order chi connectivity index (χ1) is 12.4. The van der Waals surface area contributed by atoms with Crippen molar-refractivity contribution in [3.8, 4) is 5.75 Å². The van der Waals surface area contributed by atoms with Crippen LogP contribution in [0.4, 0.5) is 11.4 Å². The van der Waals surface area contributed by atoms with E-state index in [9.17, 15) is 19.7 Å². The number of rotatable bonds is 7. The molecule has 0 aliphatic heterocycles. The summed E-state index contributed by atoms with van der Waals surface area (Å²) < 4.78 is 5.06. The standard InChI is InChI=1S/C18H19N3O5/c1-12-10-14(21(24)25)6-7-16(12)20-17(22)8-9-19-18(23)13-4-3-5-15(11-13)26-2/h3-7,10-11H,8-9H2,1-2H3,(H,19,23)(H,20,22). The van der Waals surface area contributed by atoms with Gasteiger partial charge in [0.1, 0.15) is 5.75 Å². The molecule has 2 aromatic carbocycles. The molecule has 2 rings (SSSR count). The number of ether oxygens (including phenoxy) is 1. The van der Waals surface area contributed by atoms with Gasteiger partial charge in [0.2, 0.25) is 5.91 Å².